The predicted octanol–water partition coefficient (Wildman–Crippen LogP) is 3.69. The number of hydrogen-bond acceptors (Lipinski definition) is 8. The zero-order valence-corrected chi connectivity index (χ0v) is 25.5. The Labute approximate surface area is 262 Å². The Kier molecular flexibility index (Phi) is 7.68. The fraction of sp³-hybridized carbons (Fsp3) is 0.242. The molecule has 4 atom stereocenters. The number of rotatable bonds is 8. The Morgan fingerprint density at radius 3 is 2.14 bits per heavy atom. The van der Waals surface area contributed by atoms with Gasteiger partial charge in [0, 0.05) is 22.3 Å². The SMILES string of the molecule is COC(=O)[C@]1(C)N[C@H](c2cc(Br)ccc2NC2=CC(=O)N(Cc3ccccc3)C2=O)[C@@H]2C(=O)N(Cc3ccccc3)C(=O)[C@@H]21. The topological polar surface area (TPSA) is 125 Å². The molecule has 3 aromatic carbocycles. The van der Waals surface area contributed by atoms with E-state index >= 15 is 0 Å². The van der Waals surface area contributed by atoms with Crippen molar-refractivity contribution in [3.05, 3.63) is 112 Å². The van der Waals surface area contributed by atoms with Gasteiger partial charge >= 0.3 is 5.97 Å². The van der Waals surface area contributed by atoms with Gasteiger partial charge in [-0.3, -0.25) is 39.1 Å². The second kappa shape index (κ2) is 11.5. The second-order valence-electron chi connectivity index (χ2n) is 11.2. The van der Waals surface area contributed by atoms with Crippen LogP contribution in [-0.2, 0) is 41.8 Å². The van der Waals surface area contributed by atoms with Crippen LogP contribution in [0, 0.1) is 11.8 Å². The van der Waals surface area contributed by atoms with Crippen molar-refractivity contribution in [2.45, 2.75) is 31.6 Å². The number of hydrogen-bond donors (Lipinski definition) is 2. The lowest BCUT2D eigenvalue weighted by molar-refractivity contribution is -0.153. The van der Waals surface area contributed by atoms with E-state index in [2.05, 4.69) is 26.6 Å². The maximum absolute atomic E-state index is 14.0. The smallest absolute Gasteiger partial charge is 0.326 e. The van der Waals surface area contributed by atoms with Gasteiger partial charge in [-0.15, -0.1) is 0 Å². The Hall–Kier alpha value is -4.61. The normalized spacial score (nSPS) is 24.5. The molecule has 11 heteroatoms. The predicted molar refractivity (Wildman–Crippen MR) is 163 cm³/mol. The summed E-state index contributed by atoms with van der Waals surface area (Å²) in [6.07, 6.45) is 1.24. The molecule has 224 valence electrons. The summed E-state index contributed by atoms with van der Waals surface area (Å²) in [5.41, 5.74) is 1.12. The summed E-state index contributed by atoms with van der Waals surface area (Å²) in [5, 5.41) is 6.35. The van der Waals surface area contributed by atoms with Crippen LogP contribution in [0.3, 0.4) is 0 Å². The minimum absolute atomic E-state index is 0.0688. The third kappa shape index (κ3) is 5.01. The van der Waals surface area contributed by atoms with Gasteiger partial charge in [0.15, 0.2) is 0 Å². The molecule has 2 saturated heterocycles. The lowest BCUT2D eigenvalue weighted by Crippen LogP contribution is -2.53. The molecule has 0 saturated carbocycles. The van der Waals surface area contributed by atoms with Crippen LogP contribution in [0.4, 0.5) is 5.69 Å². The highest BCUT2D eigenvalue weighted by Gasteiger charge is 2.67. The van der Waals surface area contributed by atoms with Gasteiger partial charge in [0.2, 0.25) is 11.8 Å². The van der Waals surface area contributed by atoms with Crippen LogP contribution in [-0.4, -0.2) is 52.0 Å². The van der Waals surface area contributed by atoms with E-state index in [1.54, 1.807) is 25.1 Å². The summed E-state index contributed by atoms with van der Waals surface area (Å²) in [4.78, 5) is 69.5. The molecule has 4 amide bonds. The van der Waals surface area contributed by atoms with Gasteiger partial charge in [-0.2, -0.15) is 0 Å². The van der Waals surface area contributed by atoms with E-state index in [0.29, 0.717) is 15.7 Å². The molecule has 2 N–H and O–H groups in total. The van der Waals surface area contributed by atoms with Crippen LogP contribution in [0.25, 0.3) is 0 Å². The van der Waals surface area contributed by atoms with E-state index < -0.39 is 53.0 Å². The number of benzene rings is 3. The molecule has 0 bridgehead atoms. The molecule has 0 unspecified atom stereocenters. The summed E-state index contributed by atoms with van der Waals surface area (Å²) < 4.78 is 5.79. The van der Waals surface area contributed by atoms with E-state index in [0.717, 1.165) is 16.0 Å². The van der Waals surface area contributed by atoms with E-state index in [9.17, 15) is 24.0 Å². The minimum Gasteiger partial charge on any atom is -0.468 e. The molecular formula is C33H29BrN4O6. The Morgan fingerprint density at radius 2 is 1.52 bits per heavy atom. The first-order valence-electron chi connectivity index (χ1n) is 14.1. The highest BCUT2D eigenvalue weighted by molar-refractivity contribution is 9.10. The molecule has 3 aliphatic heterocycles. The van der Waals surface area contributed by atoms with Gasteiger partial charge < -0.3 is 10.1 Å². The molecule has 0 radical (unpaired) electrons. The molecule has 6 rings (SSSR count). The highest BCUT2D eigenvalue weighted by atomic mass is 79.9. The molecule has 0 aromatic heterocycles. The first kappa shape index (κ1) is 29.5. The summed E-state index contributed by atoms with van der Waals surface area (Å²) in [6.45, 7) is 1.76. The van der Waals surface area contributed by atoms with Gasteiger partial charge in [0.25, 0.3) is 11.8 Å². The number of anilines is 1. The lowest BCUT2D eigenvalue weighted by Gasteiger charge is -2.29. The van der Waals surface area contributed by atoms with Crippen molar-refractivity contribution in [3.63, 3.8) is 0 Å². The molecule has 0 aliphatic carbocycles. The van der Waals surface area contributed by atoms with Crippen LogP contribution in [0.1, 0.15) is 29.7 Å². The number of carbonyl (C=O) groups is 5. The molecule has 3 aliphatic rings. The quantitative estimate of drug-likeness (QED) is 0.278. The number of likely N-dealkylation sites (tertiary alicyclic amines) is 1. The molecule has 3 aromatic rings. The van der Waals surface area contributed by atoms with Crippen LogP contribution < -0.4 is 10.6 Å². The fourth-order valence-electron chi connectivity index (χ4n) is 6.35. The standard InChI is InChI=1S/C33H29BrN4O6/c1-33(32(43)44-2)27-26(30(41)38(31(27)42)18-20-11-7-4-8-12-20)28(36-33)22-15-21(34)13-14-23(22)35-24-16-25(39)37(29(24)40)17-19-9-5-3-6-10-19/h3-16,26-28,35-36H,17-18H2,1-2H3/t26-,27-,28-,33-/m1/s1. The first-order valence-corrected chi connectivity index (χ1v) is 14.8. The van der Waals surface area contributed by atoms with Crippen LogP contribution in [0.2, 0.25) is 0 Å². The zero-order valence-electron chi connectivity index (χ0n) is 24.0. The number of amides is 4. The highest BCUT2D eigenvalue weighted by Crippen LogP contribution is 2.51. The van der Waals surface area contributed by atoms with Crippen molar-refractivity contribution in [2.24, 2.45) is 11.8 Å². The van der Waals surface area contributed by atoms with Gasteiger partial charge in [-0.1, -0.05) is 76.6 Å². The second-order valence-corrected chi connectivity index (χ2v) is 12.1. The Balaban J connectivity index is 1.34. The van der Waals surface area contributed by atoms with E-state index in [-0.39, 0.29) is 18.8 Å². The third-order valence-corrected chi connectivity index (χ3v) is 8.98. The summed E-state index contributed by atoms with van der Waals surface area (Å²) in [5.74, 6) is -4.46. The largest absolute Gasteiger partial charge is 0.468 e. The Morgan fingerprint density at radius 1 is 0.909 bits per heavy atom. The number of nitrogens with zero attached hydrogens (tertiary/aromatic N) is 2. The van der Waals surface area contributed by atoms with E-state index in [4.69, 9.17) is 4.74 Å². The monoisotopic (exact) mass is 656 g/mol. The number of halogens is 1. The van der Waals surface area contributed by atoms with Crippen molar-refractivity contribution in [2.75, 3.05) is 12.4 Å². The van der Waals surface area contributed by atoms with Gasteiger partial charge in [0.05, 0.1) is 32.0 Å². The number of methoxy groups -OCH3 is 1. The number of carbonyl (C=O) groups excluding carboxylic acids is 5. The van der Waals surface area contributed by atoms with Crippen molar-refractivity contribution in [3.8, 4) is 0 Å². The van der Waals surface area contributed by atoms with Crippen LogP contribution in [0.5, 0.6) is 0 Å². The Bertz CT molecular complexity index is 1710. The molecule has 3 heterocycles. The number of fused-ring (bicyclic) bond motifs is 1. The number of ether oxygens (including phenoxy) is 1. The third-order valence-electron chi connectivity index (χ3n) is 8.48. The van der Waals surface area contributed by atoms with Gasteiger partial charge in [-0.25, -0.2) is 0 Å². The van der Waals surface area contributed by atoms with E-state index in [1.165, 1.54) is 18.1 Å². The lowest BCUT2D eigenvalue weighted by atomic mass is 9.80. The van der Waals surface area contributed by atoms with Crippen molar-refractivity contribution < 1.29 is 28.7 Å². The van der Waals surface area contributed by atoms with Crippen molar-refractivity contribution >= 4 is 51.2 Å². The number of esters is 1. The molecular weight excluding hydrogens is 628 g/mol. The average molecular weight is 658 g/mol. The van der Waals surface area contributed by atoms with Crippen molar-refractivity contribution in [1.29, 1.82) is 0 Å². The summed E-state index contributed by atoms with van der Waals surface area (Å²) >= 11 is 3.50. The maximum atomic E-state index is 14.0. The van der Waals surface area contributed by atoms with Gasteiger partial charge in [0.1, 0.15) is 11.2 Å². The first-order chi connectivity index (χ1) is 21.1. The molecule has 10 nitrogen and oxygen atoms in total. The van der Waals surface area contributed by atoms with Crippen molar-refractivity contribution in [1.82, 2.24) is 15.1 Å². The number of imide groups is 2. The van der Waals surface area contributed by atoms with Crippen LogP contribution in [0.15, 0.2) is 95.1 Å². The van der Waals surface area contributed by atoms with Gasteiger partial charge in [-0.05, 0) is 41.8 Å². The van der Waals surface area contributed by atoms with Crippen LogP contribution >= 0.6 is 15.9 Å². The average Bonchev–Trinajstić information content (AvgIpc) is 3.58. The van der Waals surface area contributed by atoms with E-state index in [1.807, 2.05) is 60.7 Å². The fourth-order valence-corrected chi connectivity index (χ4v) is 6.73. The molecule has 2 fully saturated rings. The zero-order chi connectivity index (χ0) is 31.2. The molecule has 0 spiro atoms. The minimum atomic E-state index is -1.51. The molecule has 44 heavy (non-hydrogen) atoms. The number of nitrogens with one attached hydrogen (secondary N) is 2. The summed E-state index contributed by atoms with van der Waals surface area (Å²) in [7, 11) is 1.24. The maximum Gasteiger partial charge on any atom is 0.326 e. The summed E-state index contributed by atoms with van der Waals surface area (Å²) in [6, 6.07) is 22.8.